The average molecular weight is 355 g/mol. The van der Waals surface area contributed by atoms with Gasteiger partial charge in [0.05, 0.1) is 23.8 Å². The summed E-state index contributed by atoms with van der Waals surface area (Å²) in [5.41, 5.74) is 0.121. The molecule has 0 saturated carbocycles. The van der Waals surface area contributed by atoms with Crippen LogP contribution in [-0.2, 0) is 14.3 Å². The second-order valence-corrected chi connectivity index (χ2v) is 5.18. The van der Waals surface area contributed by atoms with Crippen LogP contribution in [0.15, 0.2) is 35.9 Å². The fourth-order valence-electron chi connectivity index (χ4n) is 1.73. The molecule has 24 heavy (non-hydrogen) atoms. The number of aliphatic hydroxyl groups excluding tert-OH is 1. The van der Waals surface area contributed by atoms with Gasteiger partial charge in [-0.2, -0.15) is 0 Å². The summed E-state index contributed by atoms with van der Waals surface area (Å²) in [4.78, 5) is 35.9. The molecule has 0 radical (unpaired) electrons. The Morgan fingerprint density at radius 1 is 1.21 bits per heavy atom. The van der Waals surface area contributed by atoms with Gasteiger partial charge in [-0.1, -0.05) is 18.2 Å². The maximum atomic E-state index is 12.1. The molecule has 0 spiro atoms. The normalized spacial score (nSPS) is 12.4. The summed E-state index contributed by atoms with van der Waals surface area (Å²) in [6.45, 7) is 3.26. The van der Waals surface area contributed by atoms with Crippen LogP contribution in [0.1, 0.15) is 41.0 Å². The van der Waals surface area contributed by atoms with Gasteiger partial charge in [-0.25, -0.2) is 14.4 Å². The first kappa shape index (κ1) is 19.9. The largest absolute Gasteiger partial charge is 0.462 e. The van der Waals surface area contributed by atoms with E-state index in [1.807, 2.05) is 0 Å². The Bertz CT molecular complexity index is 638. The Hall–Kier alpha value is -2.18. The monoisotopic (exact) mass is 354 g/mol. The molecule has 1 unspecified atom stereocenters. The van der Waals surface area contributed by atoms with E-state index in [-0.39, 0.29) is 35.6 Å². The van der Waals surface area contributed by atoms with Gasteiger partial charge in [0.25, 0.3) is 0 Å². The van der Waals surface area contributed by atoms with Crippen molar-refractivity contribution in [2.24, 2.45) is 0 Å². The second-order valence-electron chi connectivity index (χ2n) is 4.87. The summed E-state index contributed by atoms with van der Waals surface area (Å²) in [6, 6.07) is 5.91. The number of ether oxygens (including phenoxy) is 2. The molecule has 0 amide bonds. The number of aliphatic hydroxyl groups is 1. The van der Waals surface area contributed by atoms with Crippen LogP contribution in [0.25, 0.3) is 0 Å². The van der Waals surface area contributed by atoms with E-state index >= 15 is 0 Å². The minimum Gasteiger partial charge on any atom is -0.462 e. The maximum Gasteiger partial charge on any atom is 0.346 e. The van der Waals surface area contributed by atoms with E-state index in [1.165, 1.54) is 25.1 Å². The molecular weight excluding hydrogens is 336 g/mol. The third-order valence-electron chi connectivity index (χ3n) is 3.02. The van der Waals surface area contributed by atoms with Crippen molar-refractivity contribution in [3.05, 3.63) is 47.0 Å². The van der Waals surface area contributed by atoms with Crippen molar-refractivity contribution in [3.8, 4) is 0 Å². The van der Waals surface area contributed by atoms with Crippen LogP contribution in [-0.4, -0.2) is 41.6 Å². The molecule has 0 fully saturated rings. The molecule has 1 aromatic carbocycles. The Balaban J connectivity index is 2.85. The predicted octanol–water partition coefficient (Wildman–Crippen LogP) is 2.48. The Kier molecular flexibility index (Phi) is 8.15. The molecule has 130 valence electrons. The number of halogens is 1. The number of alkyl halides is 1. The van der Waals surface area contributed by atoms with Crippen LogP contribution in [0.4, 0.5) is 0 Å². The summed E-state index contributed by atoms with van der Waals surface area (Å²) in [6.07, 6.45) is 0.812. The van der Waals surface area contributed by atoms with Crippen LogP contribution >= 0.6 is 11.6 Å². The van der Waals surface area contributed by atoms with E-state index < -0.39 is 24.0 Å². The highest BCUT2D eigenvalue weighted by molar-refractivity contribution is 6.18. The summed E-state index contributed by atoms with van der Waals surface area (Å²) in [7, 11) is 0. The zero-order chi connectivity index (χ0) is 18.1. The van der Waals surface area contributed by atoms with Crippen LogP contribution in [0, 0.1) is 0 Å². The van der Waals surface area contributed by atoms with E-state index in [0.717, 1.165) is 0 Å². The van der Waals surface area contributed by atoms with Gasteiger partial charge in [-0.3, -0.25) is 0 Å². The Morgan fingerprint density at radius 3 is 2.33 bits per heavy atom. The molecule has 0 bridgehead atoms. The van der Waals surface area contributed by atoms with E-state index in [9.17, 15) is 19.5 Å². The van der Waals surface area contributed by atoms with Crippen LogP contribution < -0.4 is 0 Å². The van der Waals surface area contributed by atoms with Gasteiger partial charge < -0.3 is 14.6 Å². The lowest BCUT2D eigenvalue weighted by Crippen LogP contribution is -2.18. The van der Waals surface area contributed by atoms with Crippen LogP contribution in [0.2, 0.25) is 0 Å². The van der Waals surface area contributed by atoms with Gasteiger partial charge >= 0.3 is 17.9 Å². The predicted molar refractivity (Wildman–Crippen MR) is 87.9 cm³/mol. The number of benzene rings is 1. The fourth-order valence-corrected chi connectivity index (χ4v) is 1.85. The summed E-state index contributed by atoms with van der Waals surface area (Å²) in [5, 5.41) is 9.35. The zero-order valence-electron chi connectivity index (χ0n) is 13.5. The molecular formula is C17H19ClO6. The molecule has 0 aliphatic rings. The van der Waals surface area contributed by atoms with Gasteiger partial charge in [0, 0.05) is 11.5 Å². The van der Waals surface area contributed by atoms with Crippen LogP contribution in [0.3, 0.4) is 0 Å². The molecule has 7 heteroatoms. The highest BCUT2D eigenvalue weighted by Gasteiger charge is 2.21. The SMILES string of the molecule is CCOC(=O)c1ccccc1C(=O)OC(=O)C(C)=CCC(O)CCl. The Labute approximate surface area is 145 Å². The van der Waals surface area contributed by atoms with Gasteiger partial charge in [-0.05, 0) is 32.4 Å². The van der Waals surface area contributed by atoms with Crippen molar-refractivity contribution in [2.45, 2.75) is 26.4 Å². The third kappa shape index (κ3) is 5.79. The smallest absolute Gasteiger partial charge is 0.346 e. The molecule has 0 saturated heterocycles. The summed E-state index contributed by atoms with van der Waals surface area (Å²) < 4.78 is 9.63. The van der Waals surface area contributed by atoms with Crippen molar-refractivity contribution in [1.29, 1.82) is 0 Å². The summed E-state index contributed by atoms with van der Waals surface area (Å²) >= 11 is 5.46. The molecule has 1 N–H and O–H groups in total. The lowest BCUT2D eigenvalue weighted by molar-refractivity contribution is -0.133. The van der Waals surface area contributed by atoms with Gasteiger partial charge in [-0.15, -0.1) is 11.6 Å². The molecule has 1 aromatic rings. The lowest BCUT2D eigenvalue weighted by atomic mass is 10.1. The number of carbonyl (C=O) groups is 3. The van der Waals surface area contributed by atoms with Gasteiger partial charge in [0.2, 0.25) is 0 Å². The van der Waals surface area contributed by atoms with Crippen molar-refractivity contribution < 1.29 is 29.0 Å². The van der Waals surface area contributed by atoms with E-state index in [1.54, 1.807) is 19.1 Å². The molecule has 0 aliphatic heterocycles. The van der Waals surface area contributed by atoms with Gasteiger partial charge in [0.15, 0.2) is 0 Å². The number of hydrogen-bond donors (Lipinski definition) is 1. The lowest BCUT2D eigenvalue weighted by Gasteiger charge is -2.08. The summed E-state index contributed by atoms with van der Waals surface area (Å²) in [5.74, 6) is -2.45. The minimum atomic E-state index is -0.950. The average Bonchev–Trinajstić information content (AvgIpc) is 2.59. The quantitative estimate of drug-likeness (QED) is 0.350. The molecule has 1 atom stereocenters. The van der Waals surface area contributed by atoms with Crippen molar-refractivity contribution in [3.63, 3.8) is 0 Å². The second kappa shape index (κ2) is 9.85. The number of esters is 3. The molecule has 0 heterocycles. The molecule has 6 nitrogen and oxygen atoms in total. The Morgan fingerprint density at radius 2 is 1.79 bits per heavy atom. The van der Waals surface area contributed by atoms with E-state index in [0.29, 0.717) is 0 Å². The van der Waals surface area contributed by atoms with E-state index in [2.05, 4.69) is 0 Å². The minimum absolute atomic E-state index is 0.0244. The molecule has 1 rings (SSSR count). The van der Waals surface area contributed by atoms with Crippen molar-refractivity contribution in [1.82, 2.24) is 0 Å². The molecule has 0 aliphatic carbocycles. The van der Waals surface area contributed by atoms with Crippen LogP contribution in [0.5, 0.6) is 0 Å². The zero-order valence-corrected chi connectivity index (χ0v) is 14.2. The maximum absolute atomic E-state index is 12.1. The highest BCUT2D eigenvalue weighted by Crippen LogP contribution is 2.13. The van der Waals surface area contributed by atoms with Gasteiger partial charge in [0.1, 0.15) is 0 Å². The molecule has 0 aromatic heterocycles. The van der Waals surface area contributed by atoms with E-state index in [4.69, 9.17) is 21.1 Å². The number of rotatable bonds is 7. The number of hydrogen-bond acceptors (Lipinski definition) is 6. The first-order valence-electron chi connectivity index (χ1n) is 7.34. The van der Waals surface area contributed by atoms with Crippen molar-refractivity contribution >= 4 is 29.5 Å². The topological polar surface area (TPSA) is 89.9 Å². The first-order valence-corrected chi connectivity index (χ1v) is 7.87. The number of carbonyl (C=O) groups excluding carboxylic acids is 3. The fraction of sp³-hybridized carbons (Fsp3) is 0.353. The standard InChI is InChI=1S/C17H19ClO6/c1-3-23-16(21)13-6-4-5-7-14(13)17(22)24-15(20)11(2)8-9-12(19)10-18/h4-8,12,19H,3,9-10H2,1-2H3. The highest BCUT2D eigenvalue weighted by atomic mass is 35.5. The first-order chi connectivity index (χ1) is 11.4. The third-order valence-corrected chi connectivity index (χ3v) is 3.38. The van der Waals surface area contributed by atoms with Crippen molar-refractivity contribution in [2.75, 3.05) is 12.5 Å².